The van der Waals surface area contributed by atoms with Crippen molar-refractivity contribution in [2.45, 2.75) is 30.8 Å². The number of hydrogen-bond acceptors (Lipinski definition) is 5. The molecule has 0 bridgehead atoms. The van der Waals surface area contributed by atoms with Crippen LogP contribution in [0.2, 0.25) is 0 Å². The van der Waals surface area contributed by atoms with Gasteiger partial charge in [0.05, 0.1) is 30.4 Å². The van der Waals surface area contributed by atoms with E-state index in [4.69, 9.17) is 14.6 Å². The number of hydrogen-bond donors (Lipinski definition) is 3. The number of benzene rings is 1. The van der Waals surface area contributed by atoms with Crippen LogP contribution in [0, 0.1) is 0 Å². The Hall–Kier alpha value is -0.660. The smallest absolute Gasteiger partial charge is 0.133 e. The summed E-state index contributed by atoms with van der Waals surface area (Å²) in [6, 6.07) is 5.32. The normalized spacial score (nSPS) is 31.2. The quantitative estimate of drug-likeness (QED) is 0.769. The summed E-state index contributed by atoms with van der Waals surface area (Å²) >= 11 is 3.35. The van der Waals surface area contributed by atoms with Crippen molar-refractivity contribution >= 4 is 15.9 Å². The molecule has 3 unspecified atom stereocenters. The molecule has 2 rings (SSSR count). The first-order valence-electron chi connectivity index (χ1n) is 6.02. The standard InChI is InChI=1S/C13H17BrO5/c1-18-11-4-7(2-3-9(11)14)13-12(17)10(16)5-8(6-15)19-13/h2-4,8,10,12-13,15-17H,5-6H2,1H3/t8?,10?,12?,13-/m1/s1. The van der Waals surface area contributed by atoms with Crippen molar-refractivity contribution in [1.29, 1.82) is 0 Å². The summed E-state index contributed by atoms with van der Waals surface area (Å²) in [5, 5.41) is 29.0. The highest BCUT2D eigenvalue weighted by molar-refractivity contribution is 9.10. The molecule has 0 amide bonds. The molecule has 1 fully saturated rings. The van der Waals surface area contributed by atoms with E-state index in [1.165, 1.54) is 0 Å². The predicted octanol–water partition coefficient (Wildman–Crippen LogP) is 1.00. The molecule has 106 valence electrons. The summed E-state index contributed by atoms with van der Waals surface area (Å²) in [6.07, 6.45) is -2.86. The van der Waals surface area contributed by atoms with Crippen LogP contribution in [0.25, 0.3) is 0 Å². The molecule has 0 saturated carbocycles. The van der Waals surface area contributed by atoms with Gasteiger partial charge in [0.2, 0.25) is 0 Å². The SMILES string of the molecule is COc1cc([C@H]2OC(CO)CC(O)C2O)ccc1Br. The first kappa shape index (κ1) is 14.7. The molecular weight excluding hydrogens is 316 g/mol. The molecule has 4 atom stereocenters. The number of rotatable bonds is 3. The van der Waals surface area contributed by atoms with Gasteiger partial charge in [0.1, 0.15) is 18.0 Å². The second-order valence-electron chi connectivity index (χ2n) is 4.55. The van der Waals surface area contributed by atoms with Crippen LogP contribution < -0.4 is 4.74 Å². The lowest BCUT2D eigenvalue weighted by Gasteiger charge is -2.36. The lowest BCUT2D eigenvalue weighted by Crippen LogP contribution is -2.44. The van der Waals surface area contributed by atoms with Crippen molar-refractivity contribution in [3.63, 3.8) is 0 Å². The number of methoxy groups -OCH3 is 1. The van der Waals surface area contributed by atoms with Gasteiger partial charge in [-0.05, 0) is 33.6 Å². The Labute approximate surface area is 119 Å². The zero-order valence-electron chi connectivity index (χ0n) is 10.5. The van der Waals surface area contributed by atoms with Gasteiger partial charge in [-0.15, -0.1) is 0 Å². The first-order chi connectivity index (χ1) is 9.06. The maximum absolute atomic E-state index is 10.0. The Bertz CT molecular complexity index is 439. The van der Waals surface area contributed by atoms with Crippen LogP contribution in [0.15, 0.2) is 22.7 Å². The van der Waals surface area contributed by atoms with Crippen molar-refractivity contribution in [1.82, 2.24) is 0 Å². The number of aliphatic hydroxyl groups is 3. The van der Waals surface area contributed by atoms with E-state index in [1.54, 1.807) is 25.3 Å². The van der Waals surface area contributed by atoms with Crippen molar-refractivity contribution in [2.75, 3.05) is 13.7 Å². The monoisotopic (exact) mass is 332 g/mol. The Morgan fingerprint density at radius 1 is 1.42 bits per heavy atom. The number of aliphatic hydroxyl groups excluding tert-OH is 3. The van der Waals surface area contributed by atoms with Gasteiger partial charge >= 0.3 is 0 Å². The molecule has 0 aromatic heterocycles. The van der Waals surface area contributed by atoms with Gasteiger partial charge in [-0.3, -0.25) is 0 Å². The van der Waals surface area contributed by atoms with Crippen LogP contribution in [-0.4, -0.2) is 47.3 Å². The fourth-order valence-electron chi connectivity index (χ4n) is 2.20. The van der Waals surface area contributed by atoms with Gasteiger partial charge in [-0.1, -0.05) is 6.07 Å². The second kappa shape index (κ2) is 6.19. The van der Waals surface area contributed by atoms with Crippen LogP contribution in [0.4, 0.5) is 0 Å². The topological polar surface area (TPSA) is 79.2 Å². The average molecular weight is 333 g/mol. The minimum atomic E-state index is -1.02. The van der Waals surface area contributed by atoms with E-state index < -0.39 is 24.4 Å². The fourth-order valence-corrected chi connectivity index (χ4v) is 2.61. The Balaban J connectivity index is 2.28. The van der Waals surface area contributed by atoms with Crippen molar-refractivity contribution in [3.05, 3.63) is 28.2 Å². The predicted molar refractivity (Wildman–Crippen MR) is 72.0 cm³/mol. The van der Waals surface area contributed by atoms with Gasteiger partial charge < -0.3 is 24.8 Å². The Morgan fingerprint density at radius 2 is 2.16 bits per heavy atom. The third-order valence-electron chi connectivity index (χ3n) is 3.26. The second-order valence-corrected chi connectivity index (χ2v) is 5.40. The lowest BCUT2D eigenvalue weighted by molar-refractivity contribution is -0.179. The van der Waals surface area contributed by atoms with Crippen LogP contribution in [-0.2, 0) is 4.74 Å². The summed E-state index contributed by atoms with van der Waals surface area (Å²) in [5.74, 6) is 0.619. The molecule has 5 nitrogen and oxygen atoms in total. The van der Waals surface area contributed by atoms with E-state index in [-0.39, 0.29) is 13.0 Å². The summed E-state index contributed by atoms with van der Waals surface area (Å²) in [7, 11) is 1.55. The maximum Gasteiger partial charge on any atom is 0.133 e. The molecule has 0 radical (unpaired) electrons. The van der Waals surface area contributed by atoms with Crippen LogP contribution in [0.5, 0.6) is 5.75 Å². The molecule has 6 heteroatoms. The minimum Gasteiger partial charge on any atom is -0.496 e. The first-order valence-corrected chi connectivity index (χ1v) is 6.82. The highest BCUT2D eigenvalue weighted by Gasteiger charge is 2.37. The number of ether oxygens (including phenoxy) is 2. The zero-order valence-corrected chi connectivity index (χ0v) is 12.1. The van der Waals surface area contributed by atoms with E-state index >= 15 is 0 Å². The Kier molecular flexibility index (Phi) is 4.81. The summed E-state index contributed by atoms with van der Waals surface area (Å²) in [6.45, 7) is -0.187. The highest BCUT2D eigenvalue weighted by Crippen LogP contribution is 2.35. The fraction of sp³-hybridized carbons (Fsp3) is 0.538. The van der Waals surface area contributed by atoms with Gasteiger partial charge in [0, 0.05) is 6.42 Å². The minimum absolute atomic E-state index is 0.187. The molecular formula is C13H17BrO5. The van der Waals surface area contributed by atoms with Crippen LogP contribution in [0.1, 0.15) is 18.1 Å². The number of halogens is 1. The molecule has 1 aromatic rings. The van der Waals surface area contributed by atoms with Crippen molar-refractivity contribution in [2.24, 2.45) is 0 Å². The highest BCUT2D eigenvalue weighted by atomic mass is 79.9. The van der Waals surface area contributed by atoms with Gasteiger partial charge in [0.15, 0.2) is 0 Å². The largest absolute Gasteiger partial charge is 0.496 e. The summed E-state index contributed by atoms with van der Waals surface area (Å²) in [5.41, 5.74) is 0.699. The molecule has 0 spiro atoms. The third kappa shape index (κ3) is 3.09. The van der Waals surface area contributed by atoms with Crippen LogP contribution >= 0.6 is 15.9 Å². The van der Waals surface area contributed by atoms with E-state index in [2.05, 4.69) is 15.9 Å². The zero-order chi connectivity index (χ0) is 14.0. The van der Waals surface area contributed by atoms with Gasteiger partial charge in [-0.25, -0.2) is 0 Å². The summed E-state index contributed by atoms with van der Waals surface area (Å²) < 4.78 is 11.6. The van der Waals surface area contributed by atoms with E-state index in [0.717, 1.165) is 4.47 Å². The van der Waals surface area contributed by atoms with E-state index in [0.29, 0.717) is 11.3 Å². The summed E-state index contributed by atoms with van der Waals surface area (Å²) in [4.78, 5) is 0. The van der Waals surface area contributed by atoms with Gasteiger partial charge in [0.25, 0.3) is 0 Å². The van der Waals surface area contributed by atoms with Crippen LogP contribution in [0.3, 0.4) is 0 Å². The molecule has 19 heavy (non-hydrogen) atoms. The molecule has 1 aliphatic rings. The van der Waals surface area contributed by atoms with Gasteiger partial charge in [-0.2, -0.15) is 0 Å². The third-order valence-corrected chi connectivity index (χ3v) is 3.91. The van der Waals surface area contributed by atoms with E-state index in [9.17, 15) is 10.2 Å². The average Bonchev–Trinajstić information content (AvgIpc) is 2.42. The Morgan fingerprint density at radius 3 is 2.79 bits per heavy atom. The molecule has 1 aromatic carbocycles. The molecule has 3 N–H and O–H groups in total. The molecule has 1 heterocycles. The molecule has 0 aliphatic carbocycles. The molecule has 1 aliphatic heterocycles. The maximum atomic E-state index is 10.0. The van der Waals surface area contributed by atoms with Crippen molar-refractivity contribution in [3.8, 4) is 5.75 Å². The van der Waals surface area contributed by atoms with E-state index in [1.807, 2.05) is 0 Å². The lowest BCUT2D eigenvalue weighted by atomic mass is 9.93. The van der Waals surface area contributed by atoms with Crippen molar-refractivity contribution < 1.29 is 24.8 Å². The molecule has 1 saturated heterocycles.